The summed E-state index contributed by atoms with van der Waals surface area (Å²) in [5.41, 5.74) is 1.67. The molecule has 0 fully saturated rings. The van der Waals surface area contributed by atoms with Gasteiger partial charge in [0.15, 0.2) is 5.78 Å². The summed E-state index contributed by atoms with van der Waals surface area (Å²) in [5.74, 6) is 0.0810. The predicted molar refractivity (Wildman–Crippen MR) is 94.9 cm³/mol. The molecule has 1 aliphatic heterocycles. The van der Waals surface area contributed by atoms with Crippen molar-refractivity contribution in [2.45, 2.75) is 26.9 Å². The van der Waals surface area contributed by atoms with Crippen LogP contribution in [0.25, 0.3) is 0 Å². The molecular weight excluding hydrogens is 318 g/mol. The van der Waals surface area contributed by atoms with Crippen molar-refractivity contribution < 1.29 is 19.4 Å². The van der Waals surface area contributed by atoms with Crippen molar-refractivity contribution >= 4 is 17.4 Å². The van der Waals surface area contributed by atoms with E-state index in [4.69, 9.17) is 4.74 Å². The standard InChI is InChI=1S/C20H21NO4/c1-12(23)21-13-8-9-17-16(10-13)18(24)14-6-4-5-7-15(14)19(25-17)20(2,3)11-22/h4-10,19,22H,11H2,1-3H3,(H,21,23). The maximum Gasteiger partial charge on any atom is 0.221 e. The third-order valence-corrected chi connectivity index (χ3v) is 4.39. The van der Waals surface area contributed by atoms with E-state index in [0.29, 0.717) is 22.6 Å². The van der Waals surface area contributed by atoms with Crippen molar-refractivity contribution in [3.05, 3.63) is 59.2 Å². The third-order valence-electron chi connectivity index (χ3n) is 4.39. The fourth-order valence-corrected chi connectivity index (χ4v) is 3.02. The molecule has 0 spiro atoms. The number of hydrogen-bond donors (Lipinski definition) is 2. The number of nitrogens with one attached hydrogen (secondary N) is 1. The van der Waals surface area contributed by atoms with Gasteiger partial charge in [-0.3, -0.25) is 9.59 Å². The van der Waals surface area contributed by atoms with Gasteiger partial charge in [-0.2, -0.15) is 0 Å². The number of amides is 1. The van der Waals surface area contributed by atoms with E-state index >= 15 is 0 Å². The molecule has 0 radical (unpaired) electrons. The zero-order valence-corrected chi connectivity index (χ0v) is 14.5. The first-order valence-electron chi connectivity index (χ1n) is 8.16. The van der Waals surface area contributed by atoms with E-state index in [-0.39, 0.29) is 18.3 Å². The number of ether oxygens (including phenoxy) is 1. The quantitative estimate of drug-likeness (QED) is 0.899. The molecular formula is C20H21NO4. The van der Waals surface area contributed by atoms with Crippen LogP contribution in [0.4, 0.5) is 5.69 Å². The molecule has 1 amide bonds. The van der Waals surface area contributed by atoms with E-state index in [0.717, 1.165) is 5.56 Å². The Morgan fingerprint density at radius 1 is 1.20 bits per heavy atom. The number of aliphatic hydroxyl groups excluding tert-OH is 1. The summed E-state index contributed by atoms with van der Waals surface area (Å²) in [6, 6.07) is 12.3. The second-order valence-electron chi connectivity index (χ2n) is 6.95. The Labute approximate surface area is 146 Å². The number of rotatable bonds is 3. The molecule has 0 bridgehead atoms. The van der Waals surface area contributed by atoms with Gasteiger partial charge in [0.05, 0.1) is 12.2 Å². The van der Waals surface area contributed by atoms with Crippen LogP contribution in [0.3, 0.4) is 0 Å². The second-order valence-corrected chi connectivity index (χ2v) is 6.95. The summed E-state index contributed by atoms with van der Waals surface area (Å²) in [7, 11) is 0. The Morgan fingerprint density at radius 3 is 2.60 bits per heavy atom. The molecule has 0 aromatic heterocycles. The van der Waals surface area contributed by atoms with Crippen LogP contribution in [0, 0.1) is 5.41 Å². The highest BCUT2D eigenvalue weighted by Gasteiger charge is 2.38. The molecule has 2 aromatic rings. The average Bonchev–Trinajstić information content (AvgIpc) is 2.70. The van der Waals surface area contributed by atoms with Crippen molar-refractivity contribution in [2.75, 3.05) is 11.9 Å². The molecule has 1 atom stereocenters. The van der Waals surface area contributed by atoms with Gasteiger partial charge in [0, 0.05) is 29.2 Å². The molecule has 25 heavy (non-hydrogen) atoms. The predicted octanol–water partition coefficient (Wildman–Crippen LogP) is 3.33. The van der Waals surface area contributed by atoms with Gasteiger partial charge < -0.3 is 15.2 Å². The van der Waals surface area contributed by atoms with E-state index in [1.807, 2.05) is 32.0 Å². The first kappa shape index (κ1) is 17.2. The first-order chi connectivity index (χ1) is 11.8. The van der Waals surface area contributed by atoms with Crippen LogP contribution in [0.5, 0.6) is 5.75 Å². The van der Waals surface area contributed by atoms with E-state index in [2.05, 4.69) is 5.32 Å². The molecule has 0 saturated heterocycles. The molecule has 2 N–H and O–H groups in total. The fourth-order valence-electron chi connectivity index (χ4n) is 3.02. The number of aliphatic hydroxyl groups is 1. The maximum absolute atomic E-state index is 13.1. The Balaban J connectivity index is 2.17. The molecule has 0 saturated carbocycles. The first-order valence-corrected chi connectivity index (χ1v) is 8.16. The number of hydrogen-bond acceptors (Lipinski definition) is 4. The van der Waals surface area contributed by atoms with Crippen LogP contribution < -0.4 is 10.1 Å². The van der Waals surface area contributed by atoms with Gasteiger partial charge in [-0.05, 0) is 18.2 Å². The van der Waals surface area contributed by atoms with Crippen LogP contribution in [0.1, 0.15) is 48.4 Å². The zero-order valence-electron chi connectivity index (χ0n) is 14.5. The largest absolute Gasteiger partial charge is 0.484 e. The molecule has 3 rings (SSSR count). The highest BCUT2D eigenvalue weighted by atomic mass is 16.5. The molecule has 1 heterocycles. The highest BCUT2D eigenvalue weighted by Crippen LogP contribution is 2.43. The number of fused-ring (bicyclic) bond motifs is 2. The van der Waals surface area contributed by atoms with Crippen molar-refractivity contribution in [1.82, 2.24) is 0 Å². The molecule has 2 aromatic carbocycles. The van der Waals surface area contributed by atoms with Gasteiger partial charge in [0.2, 0.25) is 5.91 Å². The van der Waals surface area contributed by atoms with Gasteiger partial charge in [-0.15, -0.1) is 0 Å². The van der Waals surface area contributed by atoms with Gasteiger partial charge in [-0.1, -0.05) is 38.1 Å². The lowest BCUT2D eigenvalue weighted by atomic mass is 9.81. The molecule has 0 aliphatic carbocycles. The van der Waals surface area contributed by atoms with E-state index in [9.17, 15) is 14.7 Å². The Morgan fingerprint density at radius 2 is 1.92 bits per heavy atom. The van der Waals surface area contributed by atoms with Gasteiger partial charge >= 0.3 is 0 Å². The summed E-state index contributed by atoms with van der Waals surface area (Å²) in [6.45, 7) is 5.13. The summed E-state index contributed by atoms with van der Waals surface area (Å²) in [6.07, 6.45) is -0.467. The van der Waals surface area contributed by atoms with Crippen molar-refractivity contribution in [3.63, 3.8) is 0 Å². The SMILES string of the molecule is CC(=O)Nc1ccc2c(c1)C(=O)c1ccccc1C(C(C)(C)CO)O2. The minimum Gasteiger partial charge on any atom is -0.484 e. The van der Waals surface area contributed by atoms with Gasteiger partial charge in [0.25, 0.3) is 0 Å². The van der Waals surface area contributed by atoms with Gasteiger partial charge in [-0.25, -0.2) is 0 Å². The lowest BCUT2D eigenvalue weighted by molar-refractivity contribution is -0.114. The smallest absolute Gasteiger partial charge is 0.221 e. The summed E-state index contributed by atoms with van der Waals surface area (Å²) in [5, 5.41) is 12.5. The summed E-state index contributed by atoms with van der Waals surface area (Å²) in [4.78, 5) is 24.4. The monoisotopic (exact) mass is 339 g/mol. The molecule has 130 valence electrons. The van der Waals surface area contributed by atoms with Crippen LogP contribution in [0.15, 0.2) is 42.5 Å². The van der Waals surface area contributed by atoms with E-state index in [1.54, 1.807) is 24.3 Å². The number of carbonyl (C=O) groups excluding carboxylic acids is 2. The van der Waals surface area contributed by atoms with Crippen LogP contribution in [-0.2, 0) is 4.79 Å². The lowest BCUT2D eigenvalue weighted by Crippen LogP contribution is -2.30. The summed E-state index contributed by atoms with van der Waals surface area (Å²) >= 11 is 0. The third kappa shape index (κ3) is 3.15. The molecule has 5 heteroatoms. The summed E-state index contributed by atoms with van der Waals surface area (Å²) < 4.78 is 6.18. The number of anilines is 1. The lowest BCUT2D eigenvalue weighted by Gasteiger charge is -2.33. The van der Waals surface area contributed by atoms with Crippen molar-refractivity contribution in [2.24, 2.45) is 5.41 Å². The van der Waals surface area contributed by atoms with E-state index < -0.39 is 11.5 Å². The average molecular weight is 339 g/mol. The number of carbonyl (C=O) groups is 2. The topological polar surface area (TPSA) is 75.6 Å². The van der Waals surface area contributed by atoms with E-state index in [1.165, 1.54) is 6.92 Å². The van der Waals surface area contributed by atoms with Crippen LogP contribution in [-0.4, -0.2) is 23.4 Å². The minimum atomic E-state index is -0.575. The zero-order chi connectivity index (χ0) is 18.2. The van der Waals surface area contributed by atoms with Crippen LogP contribution in [0.2, 0.25) is 0 Å². The fraction of sp³-hybridized carbons (Fsp3) is 0.300. The Bertz CT molecular complexity index is 841. The van der Waals surface area contributed by atoms with Crippen molar-refractivity contribution in [3.8, 4) is 5.75 Å². The number of ketones is 1. The Hall–Kier alpha value is -2.66. The van der Waals surface area contributed by atoms with Gasteiger partial charge in [0.1, 0.15) is 11.9 Å². The second kappa shape index (κ2) is 6.33. The molecule has 1 aliphatic rings. The molecule has 5 nitrogen and oxygen atoms in total. The van der Waals surface area contributed by atoms with Crippen LogP contribution >= 0.6 is 0 Å². The Kier molecular flexibility index (Phi) is 4.35. The number of benzene rings is 2. The minimum absolute atomic E-state index is 0.0838. The van der Waals surface area contributed by atoms with Crippen molar-refractivity contribution in [1.29, 1.82) is 0 Å². The normalized spacial score (nSPS) is 16.3. The maximum atomic E-state index is 13.1. The highest BCUT2D eigenvalue weighted by molar-refractivity contribution is 6.12. The molecule has 1 unspecified atom stereocenters.